The summed E-state index contributed by atoms with van der Waals surface area (Å²) in [4.78, 5) is 41.1. The molecule has 0 aromatic heterocycles. The van der Waals surface area contributed by atoms with Crippen LogP contribution in [0.4, 0.5) is 4.79 Å². The molecule has 0 radical (unpaired) electrons. The van der Waals surface area contributed by atoms with Gasteiger partial charge in [0.05, 0.1) is 6.61 Å². The lowest BCUT2D eigenvalue weighted by atomic mass is 9.98. The first kappa shape index (κ1) is 27.4. The molecular weight excluding hydrogens is 434 g/mol. The molecule has 34 heavy (non-hydrogen) atoms. The summed E-state index contributed by atoms with van der Waals surface area (Å²) < 4.78 is 5.26. The Morgan fingerprint density at radius 2 is 1.85 bits per heavy atom. The van der Waals surface area contributed by atoms with Crippen molar-refractivity contribution in [1.29, 1.82) is 0 Å². The van der Waals surface area contributed by atoms with Gasteiger partial charge in [-0.3, -0.25) is 9.59 Å². The summed E-state index contributed by atoms with van der Waals surface area (Å²) in [7, 11) is 0. The number of benzene rings is 1. The van der Waals surface area contributed by atoms with Gasteiger partial charge in [-0.15, -0.1) is 0 Å². The molecule has 3 N–H and O–H groups in total. The lowest BCUT2D eigenvalue weighted by Gasteiger charge is -2.36. The van der Waals surface area contributed by atoms with Crippen LogP contribution < -0.4 is 10.6 Å². The van der Waals surface area contributed by atoms with Crippen molar-refractivity contribution in [2.75, 3.05) is 6.61 Å². The smallest absolute Gasteiger partial charge is 0.408 e. The molecule has 0 aliphatic heterocycles. The maximum Gasteiger partial charge on any atom is 0.408 e. The number of nitrogens with one attached hydrogen (secondary N) is 2. The van der Waals surface area contributed by atoms with E-state index in [1.165, 1.54) is 4.90 Å². The molecule has 4 atom stereocenters. The quantitative estimate of drug-likeness (QED) is 0.536. The zero-order valence-electron chi connectivity index (χ0n) is 21.3. The molecule has 0 spiro atoms. The van der Waals surface area contributed by atoms with Crippen LogP contribution in [0.15, 0.2) is 30.8 Å². The van der Waals surface area contributed by atoms with Crippen LogP contribution in [0.1, 0.15) is 72.1 Å². The Morgan fingerprint density at radius 1 is 1.24 bits per heavy atom. The first-order valence-electron chi connectivity index (χ1n) is 11.6. The molecule has 2 rings (SSSR count). The highest BCUT2D eigenvalue weighted by Crippen LogP contribution is 2.41. The minimum Gasteiger partial charge on any atom is -0.444 e. The van der Waals surface area contributed by atoms with Gasteiger partial charge >= 0.3 is 6.09 Å². The second-order valence-electron chi connectivity index (χ2n) is 10.9. The van der Waals surface area contributed by atoms with Crippen LogP contribution >= 0.6 is 0 Å². The van der Waals surface area contributed by atoms with E-state index in [9.17, 15) is 19.5 Å². The average molecular weight is 474 g/mol. The third-order valence-corrected chi connectivity index (χ3v) is 5.34. The van der Waals surface area contributed by atoms with Crippen molar-refractivity contribution in [3.63, 3.8) is 0 Å². The number of ether oxygens (including phenoxy) is 1. The minimum absolute atomic E-state index is 0.178. The number of amides is 3. The van der Waals surface area contributed by atoms with Crippen molar-refractivity contribution < 1.29 is 24.2 Å². The highest BCUT2D eigenvalue weighted by molar-refractivity contribution is 5.93. The molecular formula is C26H39N3O5. The molecule has 1 aliphatic rings. The molecule has 8 heteroatoms. The van der Waals surface area contributed by atoms with E-state index in [-0.39, 0.29) is 17.9 Å². The lowest BCUT2D eigenvalue weighted by Crippen LogP contribution is -2.56. The van der Waals surface area contributed by atoms with Crippen molar-refractivity contribution in [1.82, 2.24) is 15.5 Å². The predicted molar refractivity (Wildman–Crippen MR) is 132 cm³/mol. The zero-order valence-corrected chi connectivity index (χ0v) is 21.3. The van der Waals surface area contributed by atoms with E-state index >= 15 is 0 Å². The Morgan fingerprint density at radius 3 is 2.32 bits per heavy atom. The first-order valence-corrected chi connectivity index (χ1v) is 11.6. The van der Waals surface area contributed by atoms with Gasteiger partial charge in [0.1, 0.15) is 17.7 Å². The summed E-state index contributed by atoms with van der Waals surface area (Å²) in [5.74, 6) is -0.701. The van der Waals surface area contributed by atoms with Crippen LogP contribution in [-0.2, 0) is 14.3 Å². The van der Waals surface area contributed by atoms with Gasteiger partial charge in [-0.1, -0.05) is 37.8 Å². The number of aliphatic hydroxyl groups is 1. The van der Waals surface area contributed by atoms with E-state index in [0.29, 0.717) is 5.56 Å². The number of aliphatic hydroxyl groups excluding tert-OH is 1. The molecule has 188 valence electrons. The fourth-order valence-corrected chi connectivity index (χ4v) is 3.72. The largest absolute Gasteiger partial charge is 0.444 e. The van der Waals surface area contributed by atoms with Crippen LogP contribution in [0.25, 0.3) is 6.08 Å². The van der Waals surface area contributed by atoms with Crippen LogP contribution in [0, 0.1) is 5.92 Å². The van der Waals surface area contributed by atoms with Gasteiger partial charge < -0.3 is 25.4 Å². The van der Waals surface area contributed by atoms with Gasteiger partial charge in [0.2, 0.25) is 11.8 Å². The van der Waals surface area contributed by atoms with Crippen molar-refractivity contribution >= 4 is 24.0 Å². The molecule has 3 amide bonds. The number of carbonyl (C=O) groups excluding carboxylic acids is 3. The molecule has 1 fully saturated rings. The summed E-state index contributed by atoms with van der Waals surface area (Å²) in [6.07, 6.45) is 1.58. The molecule has 1 aromatic carbocycles. The fourth-order valence-electron chi connectivity index (χ4n) is 3.72. The number of carbonyl (C=O) groups is 3. The second kappa shape index (κ2) is 10.6. The Balaban J connectivity index is 2.48. The van der Waals surface area contributed by atoms with Gasteiger partial charge in [-0.25, -0.2) is 4.79 Å². The monoisotopic (exact) mass is 473 g/mol. The van der Waals surface area contributed by atoms with Crippen molar-refractivity contribution in [2.45, 2.75) is 84.2 Å². The molecule has 1 saturated carbocycles. The van der Waals surface area contributed by atoms with Crippen molar-refractivity contribution in [3.8, 4) is 0 Å². The molecule has 0 bridgehead atoms. The number of nitrogens with zero attached hydrogens (tertiary/aromatic N) is 1. The average Bonchev–Trinajstić information content (AvgIpc) is 3.42. The Hall–Kier alpha value is -2.87. The first-order chi connectivity index (χ1) is 15.7. The third kappa shape index (κ3) is 7.58. The van der Waals surface area contributed by atoms with E-state index in [2.05, 4.69) is 17.2 Å². The third-order valence-electron chi connectivity index (χ3n) is 5.34. The summed E-state index contributed by atoms with van der Waals surface area (Å²) in [6.45, 7) is 15.9. The minimum atomic E-state index is -1.25. The Labute approximate surface area is 202 Å². The van der Waals surface area contributed by atoms with Gasteiger partial charge in [-0.2, -0.15) is 0 Å². The zero-order chi connectivity index (χ0) is 25.8. The number of hydrogen-bond acceptors (Lipinski definition) is 5. The standard InChI is InChI=1S/C26H39N3O5/c1-9-17-11-10-12-18(14-17)21(22(31)28-25(3,4)5)29(20-13-16(20)2)23(32)19(15-30)27-24(33)34-26(6,7)8/h9-12,14,16,19-21,30H,1,13,15H2,2-8H3,(H,27,33)(H,28,31). The SMILES string of the molecule is C=Cc1cccc(C(C(=O)NC(C)(C)C)N(C(=O)C(CO)NC(=O)OC(C)(C)C)C2CC2C)c1. The lowest BCUT2D eigenvalue weighted by molar-refractivity contribution is -0.144. The molecule has 0 saturated heterocycles. The second-order valence-corrected chi connectivity index (χ2v) is 10.9. The van der Waals surface area contributed by atoms with Crippen LogP contribution in [0.2, 0.25) is 0 Å². The number of rotatable bonds is 8. The van der Waals surface area contributed by atoms with Gasteiger partial charge in [0.15, 0.2) is 0 Å². The predicted octanol–water partition coefficient (Wildman–Crippen LogP) is 3.41. The molecule has 8 nitrogen and oxygen atoms in total. The summed E-state index contributed by atoms with van der Waals surface area (Å²) in [5.41, 5.74) is 0.145. The van der Waals surface area contributed by atoms with Crippen molar-refractivity contribution in [2.24, 2.45) is 5.92 Å². The highest BCUT2D eigenvalue weighted by atomic mass is 16.6. The maximum absolute atomic E-state index is 13.7. The Bertz CT molecular complexity index is 916. The van der Waals surface area contributed by atoms with Crippen LogP contribution in [0.5, 0.6) is 0 Å². The Kier molecular flexibility index (Phi) is 8.53. The van der Waals surface area contributed by atoms with Crippen LogP contribution in [-0.4, -0.2) is 57.7 Å². The summed E-state index contributed by atoms with van der Waals surface area (Å²) >= 11 is 0. The van der Waals surface area contributed by atoms with Crippen LogP contribution in [0.3, 0.4) is 0 Å². The maximum atomic E-state index is 13.7. The number of alkyl carbamates (subject to hydrolysis) is 1. The molecule has 1 aliphatic carbocycles. The van der Waals surface area contributed by atoms with Crippen molar-refractivity contribution in [3.05, 3.63) is 42.0 Å². The van der Waals surface area contributed by atoms with E-state index in [1.54, 1.807) is 32.9 Å². The molecule has 1 aromatic rings. The fraction of sp³-hybridized carbons (Fsp3) is 0.577. The normalized spacial score (nSPS) is 19.4. The van der Waals surface area contributed by atoms with Gasteiger partial charge in [0.25, 0.3) is 0 Å². The molecule has 0 heterocycles. The summed E-state index contributed by atoms with van der Waals surface area (Å²) in [6, 6.07) is 4.88. The number of hydrogen-bond donors (Lipinski definition) is 3. The van der Waals surface area contributed by atoms with E-state index in [4.69, 9.17) is 4.74 Å². The van der Waals surface area contributed by atoms with E-state index in [0.717, 1.165) is 12.0 Å². The highest BCUT2D eigenvalue weighted by Gasteiger charge is 2.48. The van der Waals surface area contributed by atoms with Gasteiger partial charge in [0, 0.05) is 11.6 Å². The van der Waals surface area contributed by atoms with Gasteiger partial charge in [-0.05, 0) is 71.1 Å². The summed E-state index contributed by atoms with van der Waals surface area (Å²) in [5, 5.41) is 15.4. The van der Waals surface area contributed by atoms with E-state index in [1.807, 2.05) is 45.9 Å². The van der Waals surface area contributed by atoms with E-state index < -0.39 is 41.8 Å². The molecule has 4 unspecified atom stereocenters. The topological polar surface area (TPSA) is 108 Å².